The summed E-state index contributed by atoms with van der Waals surface area (Å²) in [6.07, 6.45) is -5.82. The molecule has 0 heterocycles. The van der Waals surface area contributed by atoms with Gasteiger partial charge in [0, 0.05) is 12.2 Å². The molecular weight excluding hydrogens is 403 g/mol. The van der Waals surface area contributed by atoms with Gasteiger partial charge in [0.2, 0.25) is 5.91 Å². The molecule has 0 saturated carbocycles. The fourth-order valence-electron chi connectivity index (χ4n) is 2.27. The molecule has 1 aromatic rings. The molecule has 26 heavy (non-hydrogen) atoms. The normalized spacial score (nSPS) is 15.8. The van der Waals surface area contributed by atoms with Gasteiger partial charge in [0.25, 0.3) is 0 Å². The summed E-state index contributed by atoms with van der Waals surface area (Å²) in [5.41, 5.74) is 0.377. The molecule has 0 fully saturated rings. The number of carbonyl (C=O) groups is 1. The second-order valence-electron chi connectivity index (χ2n) is 6.16. The summed E-state index contributed by atoms with van der Waals surface area (Å²) in [4.78, 5) is 22.6. The zero-order valence-corrected chi connectivity index (χ0v) is 18.3. The Hall–Kier alpha value is -1.03. The van der Waals surface area contributed by atoms with Crippen LogP contribution in [0.1, 0.15) is 12.8 Å². The molecule has 0 bridgehead atoms. The Labute approximate surface area is 155 Å². The van der Waals surface area contributed by atoms with Crippen LogP contribution < -0.4 is 4.90 Å². The smallest absolute Gasteiger partial charge is 0.397 e. The van der Waals surface area contributed by atoms with Gasteiger partial charge in [0.1, 0.15) is 6.42 Å². The van der Waals surface area contributed by atoms with Gasteiger partial charge < -0.3 is 13.8 Å². The molecule has 0 aliphatic carbocycles. The van der Waals surface area contributed by atoms with Crippen molar-refractivity contribution in [1.82, 2.24) is 0 Å². The van der Waals surface area contributed by atoms with E-state index < -0.39 is 44.9 Å². The van der Waals surface area contributed by atoms with Crippen molar-refractivity contribution in [1.29, 1.82) is 0 Å². The molecule has 0 aliphatic heterocycles. The highest BCUT2D eigenvalue weighted by molar-refractivity contribution is 7.07. The van der Waals surface area contributed by atoms with Gasteiger partial charge in [0.15, 0.2) is 17.8 Å². The minimum absolute atomic E-state index is 0.0436. The third-order valence-corrected chi connectivity index (χ3v) is 11.7. The SMILES string of the molecule is C[SiH](O)[SiH2]O[Si](C)(CCCN(C(=O)CC(F)(F)F)c1ccccc1)OO. The Morgan fingerprint density at radius 1 is 1.35 bits per heavy atom. The first kappa shape index (κ1) is 23.0. The average Bonchev–Trinajstić information content (AvgIpc) is 2.56. The Morgan fingerprint density at radius 3 is 2.46 bits per heavy atom. The van der Waals surface area contributed by atoms with E-state index in [-0.39, 0.29) is 6.54 Å². The number of alkyl halides is 3. The summed E-state index contributed by atoms with van der Waals surface area (Å²) in [5.74, 6) is -1.04. The Kier molecular flexibility index (Phi) is 9.15. The lowest BCUT2D eigenvalue weighted by atomic mass is 10.2. The number of halogens is 3. The van der Waals surface area contributed by atoms with Crippen molar-refractivity contribution in [2.24, 2.45) is 0 Å². The van der Waals surface area contributed by atoms with Gasteiger partial charge >= 0.3 is 14.7 Å². The van der Waals surface area contributed by atoms with Crippen molar-refractivity contribution >= 4 is 38.0 Å². The number of nitrogens with zero attached hydrogens (tertiary/aromatic N) is 1. The Bertz CT molecular complexity index is 565. The van der Waals surface area contributed by atoms with Crippen molar-refractivity contribution in [2.45, 2.75) is 38.2 Å². The first-order valence-corrected chi connectivity index (χ1v) is 16.2. The molecule has 0 saturated heterocycles. The molecular formula is C14H24F3NO5Si3. The highest BCUT2D eigenvalue weighted by atomic mass is 29.2. The van der Waals surface area contributed by atoms with Crippen LogP contribution in [0.15, 0.2) is 30.3 Å². The van der Waals surface area contributed by atoms with Gasteiger partial charge in [-0.3, -0.25) is 14.6 Å². The maximum Gasteiger partial charge on any atom is 0.397 e. The molecule has 2 atom stereocenters. The van der Waals surface area contributed by atoms with Crippen molar-refractivity contribution in [2.75, 3.05) is 11.4 Å². The van der Waals surface area contributed by atoms with Crippen LogP contribution in [0.4, 0.5) is 18.9 Å². The lowest BCUT2D eigenvalue weighted by Gasteiger charge is -2.27. The lowest BCUT2D eigenvalue weighted by molar-refractivity contribution is -0.164. The largest absolute Gasteiger partial charge is 0.440 e. The number of anilines is 1. The van der Waals surface area contributed by atoms with Crippen LogP contribution in [0.2, 0.25) is 19.1 Å². The fraction of sp³-hybridized carbons (Fsp3) is 0.500. The number of hydrogen-bond donors (Lipinski definition) is 2. The predicted molar refractivity (Wildman–Crippen MR) is 99.1 cm³/mol. The van der Waals surface area contributed by atoms with Crippen LogP contribution in [0.3, 0.4) is 0 Å². The number of benzene rings is 1. The topological polar surface area (TPSA) is 79.2 Å². The molecule has 2 N–H and O–H groups in total. The van der Waals surface area contributed by atoms with E-state index in [1.807, 2.05) is 0 Å². The van der Waals surface area contributed by atoms with Crippen molar-refractivity contribution in [3.8, 4) is 0 Å². The molecule has 148 valence electrons. The standard InChI is InChI=1S/C14H24F3NO5Si3/c1-25(21)24-23-26(2,22-20)10-6-9-18(12-7-4-3-5-8-12)13(19)11-14(15,16)17/h3-5,7-8,20-21,25H,6,9-11,24H2,1-2H3. The first-order chi connectivity index (χ1) is 12.1. The summed E-state index contributed by atoms with van der Waals surface area (Å²) in [7, 11) is -5.92. The molecule has 0 aromatic heterocycles. The zero-order valence-electron chi connectivity index (χ0n) is 14.7. The van der Waals surface area contributed by atoms with E-state index in [9.17, 15) is 22.8 Å². The monoisotopic (exact) mass is 427 g/mol. The van der Waals surface area contributed by atoms with Crippen LogP contribution in [0.25, 0.3) is 0 Å². The van der Waals surface area contributed by atoms with Gasteiger partial charge in [-0.25, -0.2) is 0 Å². The summed E-state index contributed by atoms with van der Waals surface area (Å²) < 4.78 is 47.9. The first-order valence-electron chi connectivity index (χ1n) is 8.13. The van der Waals surface area contributed by atoms with E-state index in [0.717, 1.165) is 4.90 Å². The summed E-state index contributed by atoms with van der Waals surface area (Å²) in [5, 5.41) is 9.11. The van der Waals surface area contributed by atoms with E-state index in [1.54, 1.807) is 43.4 Å². The summed E-state index contributed by atoms with van der Waals surface area (Å²) in [6, 6.07) is 8.41. The second-order valence-corrected chi connectivity index (χ2v) is 16.8. The van der Waals surface area contributed by atoms with Crippen LogP contribution in [-0.4, -0.2) is 55.1 Å². The highest BCUT2D eigenvalue weighted by Gasteiger charge is 2.35. The van der Waals surface area contributed by atoms with E-state index in [4.69, 9.17) is 9.37 Å². The van der Waals surface area contributed by atoms with Gasteiger partial charge in [-0.1, -0.05) is 18.2 Å². The number of para-hydroxylation sites is 1. The van der Waals surface area contributed by atoms with Gasteiger partial charge in [0.05, 0.1) is 0 Å². The molecule has 2 unspecified atom stereocenters. The number of hydrogen-bond acceptors (Lipinski definition) is 5. The zero-order chi connectivity index (χ0) is 19.8. The number of carbonyl (C=O) groups excluding carboxylic acids is 1. The molecule has 6 nitrogen and oxygen atoms in total. The third kappa shape index (κ3) is 8.57. The minimum Gasteiger partial charge on any atom is -0.440 e. The quantitative estimate of drug-likeness (QED) is 0.339. The van der Waals surface area contributed by atoms with Crippen molar-refractivity contribution in [3.05, 3.63) is 30.3 Å². The lowest BCUT2D eigenvalue weighted by Crippen LogP contribution is -2.43. The Morgan fingerprint density at radius 2 is 1.96 bits per heavy atom. The maximum atomic E-state index is 12.6. The van der Waals surface area contributed by atoms with E-state index >= 15 is 0 Å². The Balaban J connectivity index is 2.76. The molecule has 0 spiro atoms. The minimum atomic E-state index is -4.59. The fourth-order valence-corrected chi connectivity index (χ4v) is 11.7. The summed E-state index contributed by atoms with van der Waals surface area (Å²) in [6.45, 7) is 3.38. The van der Waals surface area contributed by atoms with Crippen LogP contribution >= 0.6 is 0 Å². The summed E-state index contributed by atoms with van der Waals surface area (Å²) >= 11 is 0. The van der Waals surface area contributed by atoms with Crippen LogP contribution in [0, 0.1) is 0 Å². The van der Waals surface area contributed by atoms with Crippen LogP contribution in [-0.2, 0) is 13.5 Å². The van der Waals surface area contributed by atoms with E-state index in [2.05, 4.69) is 4.58 Å². The molecule has 1 amide bonds. The third-order valence-electron chi connectivity index (χ3n) is 3.56. The average molecular weight is 428 g/mol. The van der Waals surface area contributed by atoms with E-state index in [1.165, 1.54) is 0 Å². The van der Waals surface area contributed by atoms with Crippen molar-refractivity contribution < 1.29 is 36.7 Å². The van der Waals surface area contributed by atoms with Crippen LogP contribution in [0.5, 0.6) is 0 Å². The van der Waals surface area contributed by atoms with Gasteiger partial charge in [-0.05, 0) is 37.7 Å². The molecule has 0 radical (unpaired) electrons. The predicted octanol–water partition coefficient (Wildman–Crippen LogP) is 1.87. The molecule has 1 rings (SSSR count). The number of rotatable bonds is 10. The van der Waals surface area contributed by atoms with Gasteiger partial charge in [-0.2, -0.15) is 13.2 Å². The molecule has 12 heteroatoms. The highest BCUT2D eigenvalue weighted by Crippen LogP contribution is 2.24. The number of amides is 1. The van der Waals surface area contributed by atoms with Crippen molar-refractivity contribution in [3.63, 3.8) is 0 Å². The maximum absolute atomic E-state index is 12.6. The second kappa shape index (κ2) is 10.3. The van der Waals surface area contributed by atoms with E-state index in [0.29, 0.717) is 18.2 Å². The molecule has 1 aromatic carbocycles. The van der Waals surface area contributed by atoms with Gasteiger partial charge in [-0.15, -0.1) is 0 Å². The molecule has 0 aliphatic rings.